The van der Waals surface area contributed by atoms with E-state index in [2.05, 4.69) is 5.32 Å². The van der Waals surface area contributed by atoms with Crippen LogP contribution < -0.4 is 10.1 Å². The largest absolute Gasteiger partial charge is 0.497 e. The van der Waals surface area contributed by atoms with Gasteiger partial charge in [0.25, 0.3) is 5.91 Å². The zero-order valence-electron chi connectivity index (χ0n) is 17.8. The molecule has 6 nitrogen and oxygen atoms in total. The van der Waals surface area contributed by atoms with Crippen LogP contribution in [0.25, 0.3) is 0 Å². The Morgan fingerprint density at radius 2 is 1.76 bits per heavy atom. The van der Waals surface area contributed by atoms with Crippen molar-refractivity contribution >= 4 is 17.7 Å². The Labute approximate surface area is 171 Å². The Kier molecular flexibility index (Phi) is 5.30. The van der Waals surface area contributed by atoms with Crippen molar-refractivity contribution in [2.75, 3.05) is 12.4 Å². The van der Waals surface area contributed by atoms with Crippen LogP contribution in [0.4, 0.5) is 10.5 Å². The van der Waals surface area contributed by atoms with E-state index < -0.39 is 17.2 Å². The number of carbonyl (C=O) groups is 2. The molecule has 0 saturated carbocycles. The van der Waals surface area contributed by atoms with E-state index in [1.54, 1.807) is 19.2 Å². The smallest absolute Gasteiger partial charge is 0.412 e. The molecule has 1 aliphatic rings. The van der Waals surface area contributed by atoms with Crippen molar-refractivity contribution in [3.63, 3.8) is 0 Å². The second kappa shape index (κ2) is 7.43. The topological polar surface area (TPSA) is 67.9 Å². The van der Waals surface area contributed by atoms with E-state index >= 15 is 0 Å². The number of ether oxygens (including phenoxy) is 2. The first kappa shape index (κ1) is 20.7. The predicted molar refractivity (Wildman–Crippen MR) is 112 cm³/mol. The number of hydrogen-bond donors (Lipinski definition) is 1. The standard InChI is InChI=1S/C23H28N2O4/c1-22(2,3)29-21(27)24-16-9-12-18-19(13-16)23(4,5)25(20(18)26)14-15-7-10-17(28-6)11-8-15/h7-13H,14H2,1-6H3,(H,24,27). The molecule has 2 amide bonds. The first-order valence-corrected chi connectivity index (χ1v) is 9.61. The molecule has 0 atom stereocenters. The number of methoxy groups -OCH3 is 1. The number of rotatable bonds is 4. The van der Waals surface area contributed by atoms with Gasteiger partial charge in [-0.3, -0.25) is 10.1 Å². The summed E-state index contributed by atoms with van der Waals surface area (Å²) in [5.74, 6) is 0.756. The molecule has 0 bridgehead atoms. The van der Waals surface area contributed by atoms with Gasteiger partial charge < -0.3 is 14.4 Å². The molecule has 0 unspecified atom stereocenters. The Balaban J connectivity index is 1.82. The molecule has 2 aromatic carbocycles. The molecule has 29 heavy (non-hydrogen) atoms. The SMILES string of the molecule is COc1ccc(CN2C(=O)c3ccc(NC(=O)OC(C)(C)C)cc3C2(C)C)cc1. The molecule has 154 valence electrons. The predicted octanol–water partition coefficient (Wildman–Crippen LogP) is 4.93. The highest BCUT2D eigenvalue weighted by Crippen LogP contribution is 2.41. The lowest BCUT2D eigenvalue weighted by atomic mass is 9.93. The first-order chi connectivity index (χ1) is 13.5. The molecule has 1 N–H and O–H groups in total. The van der Waals surface area contributed by atoms with Crippen molar-refractivity contribution in [2.45, 2.75) is 52.3 Å². The number of benzene rings is 2. The monoisotopic (exact) mass is 396 g/mol. The van der Waals surface area contributed by atoms with Crippen LogP contribution in [0.15, 0.2) is 42.5 Å². The van der Waals surface area contributed by atoms with E-state index in [-0.39, 0.29) is 5.91 Å². The van der Waals surface area contributed by atoms with E-state index in [1.807, 2.05) is 69.9 Å². The van der Waals surface area contributed by atoms with Gasteiger partial charge in [0, 0.05) is 17.8 Å². The third-order valence-corrected chi connectivity index (χ3v) is 4.97. The normalized spacial score (nSPS) is 15.1. The number of nitrogens with zero attached hydrogens (tertiary/aromatic N) is 1. The highest BCUT2D eigenvalue weighted by Gasteiger charge is 2.42. The molecular weight excluding hydrogens is 368 g/mol. The lowest BCUT2D eigenvalue weighted by molar-refractivity contribution is 0.0592. The summed E-state index contributed by atoms with van der Waals surface area (Å²) in [6.45, 7) is 9.95. The number of amides is 2. The van der Waals surface area contributed by atoms with Crippen LogP contribution in [-0.4, -0.2) is 29.6 Å². The van der Waals surface area contributed by atoms with Gasteiger partial charge in [-0.05, 0) is 76.1 Å². The van der Waals surface area contributed by atoms with Gasteiger partial charge in [-0.1, -0.05) is 12.1 Å². The van der Waals surface area contributed by atoms with Gasteiger partial charge in [0.15, 0.2) is 0 Å². The average Bonchev–Trinajstić information content (AvgIpc) is 2.81. The maximum Gasteiger partial charge on any atom is 0.412 e. The minimum absolute atomic E-state index is 0.0235. The Bertz CT molecular complexity index is 927. The summed E-state index contributed by atoms with van der Waals surface area (Å²) in [5.41, 5.74) is 2.06. The van der Waals surface area contributed by atoms with Crippen LogP contribution in [0, 0.1) is 0 Å². The molecule has 0 aliphatic carbocycles. The van der Waals surface area contributed by atoms with E-state index in [0.29, 0.717) is 17.8 Å². The minimum atomic E-state index is -0.578. The second-order valence-corrected chi connectivity index (χ2v) is 8.69. The molecule has 2 aromatic rings. The van der Waals surface area contributed by atoms with Crippen LogP contribution in [0.5, 0.6) is 5.75 Å². The van der Waals surface area contributed by atoms with Gasteiger partial charge >= 0.3 is 6.09 Å². The number of anilines is 1. The summed E-state index contributed by atoms with van der Waals surface area (Å²) in [6.07, 6.45) is -0.519. The van der Waals surface area contributed by atoms with E-state index in [4.69, 9.17) is 9.47 Å². The second-order valence-electron chi connectivity index (χ2n) is 8.69. The Morgan fingerprint density at radius 1 is 1.10 bits per heavy atom. The average molecular weight is 396 g/mol. The van der Waals surface area contributed by atoms with E-state index in [0.717, 1.165) is 16.9 Å². The molecule has 0 fully saturated rings. The van der Waals surface area contributed by atoms with Gasteiger partial charge in [-0.25, -0.2) is 4.79 Å². The third kappa shape index (κ3) is 4.36. The molecule has 1 aliphatic heterocycles. The lowest BCUT2D eigenvalue weighted by Gasteiger charge is -2.32. The number of nitrogens with one attached hydrogen (secondary N) is 1. The van der Waals surface area contributed by atoms with Crippen LogP contribution in [-0.2, 0) is 16.8 Å². The van der Waals surface area contributed by atoms with E-state index in [9.17, 15) is 9.59 Å². The summed E-state index contributed by atoms with van der Waals surface area (Å²) in [7, 11) is 1.63. The number of fused-ring (bicyclic) bond motifs is 1. The zero-order chi connectivity index (χ0) is 21.4. The molecule has 3 rings (SSSR count). The Morgan fingerprint density at radius 3 is 2.34 bits per heavy atom. The molecule has 0 spiro atoms. The highest BCUT2D eigenvalue weighted by atomic mass is 16.6. The molecular formula is C23H28N2O4. The van der Waals surface area contributed by atoms with Gasteiger partial charge in [0.05, 0.1) is 12.6 Å². The van der Waals surface area contributed by atoms with Gasteiger partial charge in [-0.2, -0.15) is 0 Å². The molecule has 0 aromatic heterocycles. The molecule has 0 saturated heterocycles. The van der Waals surface area contributed by atoms with Gasteiger partial charge in [0.1, 0.15) is 11.4 Å². The first-order valence-electron chi connectivity index (χ1n) is 9.61. The molecule has 1 heterocycles. The maximum absolute atomic E-state index is 13.1. The fraction of sp³-hybridized carbons (Fsp3) is 0.391. The molecule has 6 heteroatoms. The van der Waals surface area contributed by atoms with Crippen LogP contribution in [0.1, 0.15) is 56.1 Å². The number of hydrogen-bond acceptors (Lipinski definition) is 4. The summed E-state index contributed by atoms with van der Waals surface area (Å²) in [6, 6.07) is 13.0. The fourth-order valence-electron chi connectivity index (χ4n) is 3.46. The van der Waals surface area contributed by atoms with E-state index in [1.165, 1.54) is 0 Å². The fourth-order valence-corrected chi connectivity index (χ4v) is 3.46. The maximum atomic E-state index is 13.1. The number of carbonyl (C=O) groups excluding carboxylic acids is 2. The summed E-state index contributed by atoms with van der Waals surface area (Å²) >= 11 is 0. The van der Waals surface area contributed by atoms with Crippen LogP contribution in [0.3, 0.4) is 0 Å². The summed E-state index contributed by atoms with van der Waals surface area (Å²) in [4.78, 5) is 27.0. The highest BCUT2D eigenvalue weighted by molar-refractivity contribution is 6.00. The van der Waals surface area contributed by atoms with Crippen LogP contribution >= 0.6 is 0 Å². The third-order valence-electron chi connectivity index (χ3n) is 4.97. The van der Waals surface area contributed by atoms with Crippen molar-refractivity contribution in [3.8, 4) is 5.75 Å². The van der Waals surface area contributed by atoms with Crippen molar-refractivity contribution in [2.24, 2.45) is 0 Å². The quantitative estimate of drug-likeness (QED) is 0.795. The van der Waals surface area contributed by atoms with Crippen LogP contribution in [0.2, 0.25) is 0 Å². The minimum Gasteiger partial charge on any atom is -0.497 e. The van der Waals surface area contributed by atoms with Crippen molar-refractivity contribution in [1.82, 2.24) is 4.90 Å². The molecule has 0 radical (unpaired) electrons. The summed E-state index contributed by atoms with van der Waals surface area (Å²) < 4.78 is 10.5. The van der Waals surface area contributed by atoms with Gasteiger partial charge in [0.2, 0.25) is 0 Å². The van der Waals surface area contributed by atoms with Gasteiger partial charge in [-0.15, -0.1) is 0 Å². The Hall–Kier alpha value is -3.02. The van der Waals surface area contributed by atoms with Crippen molar-refractivity contribution in [3.05, 3.63) is 59.2 Å². The van der Waals surface area contributed by atoms with Crippen molar-refractivity contribution < 1.29 is 19.1 Å². The zero-order valence-corrected chi connectivity index (χ0v) is 17.8. The lowest BCUT2D eigenvalue weighted by Crippen LogP contribution is -2.38. The van der Waals surface area contributed by atoms with Crippen molar-refractivity contribution in [1.29, 1.82) is 0 Å². The summed E-state index contributed by atoms with van der Waals surface area (Å²) in [5, 5.41) is 2.75.